The number of nitrogens with two attached hydrogens (primary N) is 1. The van der Waals surface area contributed by atoms with E-state index in [0.29, 0.717) is 0 Å². The van der Waals surface area contributed by atoms with E-state index in [0.717, 1.165) is 44.1 Å². The highest BCUT2D eigenvalue weighted by molar-refractivity contribution is 5.85. The summed E-state index contributed by atoms with van der Waals surface area (Å²) < 4.78 is 10.8. The molecule has 114 valence electrons. The first-order chi connectivity index (χ1) is 9.11. The second-order valence-electron chi connectivity index (χ2n) is 5.63. The van der Waals surface area contributed by atoms with Crippen LogP contribution in [0.15, 0.2) is 18.2 Å². The number of nitrogens with zero attached hydrogens (tertiary/aromatic N) is 1. The maximum absolute atomic E-state index is 5.85. The lowest BCUT2D eigenvalue weighted by atomic mass is 9.90. The SMILES string of the molecule is COc1cccc(CN2CCC(C)(CN)C2)c1OC.Cl. The maximum Gasteiger partial charge on any atom is 0.165 e. The summed E-state index contributed by atoms with van der Waals surface area (Å²) in [5, 5.41) is 0. The van der Waals surface area contributed by atoms with Crippen LogP contribution in [0, 0.1) is 5.41 Å². The molecule has 1 fully saturated rings. The lowest BCUT2D eigenvalue weighted by Gasteiger charge is -2.23. The van der Waals surface area contributed by atoms with Gasteiger partial charge in [-0.2, -0.15) is 0 Å². The van der Waals surface area contributed by atoms with Crippen LogP contribution in [0.5, 0.6) is 11.5 Å². The van der Waals surface area contributed by atoms with Gasteiger partial charge in [-0.05, 0) is 31.0 Å². The van der Waals surface area contributed by atoms with Gasteiger partial charge in [0.1, 0.15) is 0 Å². The quantitative estimate of drug-likeness (QED) is 0.906. The molecule has 1 aromatic rings. The third-order valence-electron chi connectivity index (χ3n) is 4.01. The van der Waals surface area contributed by atoms with Crippen molar-refractivity contribution in [3.05, 3.63) is 23.8 Å². The van der Waals surface area contributed by atoms with Crippen LogP contribution in [0.1, 0.15) is 18.9 Å². The number of para-hydroxylation sites is 1. The summed E-state index contributed by atoms with van der Waals surface area (Å²) in [5.41, 5.74) is 7.28. The van der Waals surface area contributed by atoms with Gasteiger partial charge in [-0.3, -0.25) is 4.90 Å². The minimum Gasteiger partial charge on any atom is -0.493 e. The Balaban J connectivity index is 0.00000200. The third kappa shape index (κ3) is 3.57. The zero-order valence-corrected chi connectivity index (χ0v) is 13.3. The normalized spacial score (nSPS) is 22.4. The van der Waals surface area contributed by atoms with Gasteiger partial charge >= 0.3 is 0 Å². The van der Waals surface area contributed by atoms with E-state index in [1.165, 1.54) is 5.56 Å². The number of methoxy groups -OCH3 is 2. The molecule has 1 atom stereocenters. The molecule has 1 aliphatic heterocycles. The van der Waals surface area contributed by atoms with Crippen molar-refractivity contribution >= 4 is 12.4 Å². The number of rotatable bonds is 5. The molecule has 0 radical (unpaired) electrons. The molecule has 1 aliphatic rings. The molecule has 1 heterocycles. The van der Waals surface area contributed by atoms with Crippen LogP contribution in [-0.4, -0.2) is 38.8 Å². The van der Waals surface area contributed by atoms with E-state index in [-0.39, 0.29) is 17.8 Å². The average molecular weight is 301 g/mol. The zero-order chi connectivity index (χ0) is 13.9. The highest BCUT2D eigenvalue weighted by atomic mass is 35.5. The van der Waals surface area contributed by atoms with Gasteiger partial charge in [-0.1, -0.05) is 19.1 Å². The van der Waals surface area contributed by atoms with Crippen molar-refractivity contribution in [2.45, 2.75) is 19.9 Å². The van der Waals surface area contributed by atoms with Crippen LogP contribution >= 0.6 is 12.4 Å². The molecular weight excluding hydrogens is 276 g/mol. The van der Waals surface area contributed by atoms with Gasteiger partial charge < -0.3 is 15.2 Å². The van der Waals surface area contributed by atoms with Gasteiger partial charge in [0.25, 0.3) is 0 Å². The third-order valence-corrected chi connectivity index (χ3v) is 4.01. The summed E-state index contributed by atoms with van der Waals surface area (Å²) in [6.07, 6.45) is 1.16. The molecule has 0 saturated carbocycles. The largest absolute Gasteiger partial charge is 0.493 e. The Labute approximate surface area is 127 Å². The summed E-state index contributed by atoms with van der Waals surface area (Å²) in [4.78, 5) is 2.43. The predicted octanol–water partition coefficient (Wildman–Crippen LogP) is 2.30. The standard InChI is InChI=1S/C15H24N2O2.ClH/c1-15(10-16)7-8-17(11-15)9-12-5-4-6-13(18-2)14(12)19-3;/h4-6H,7-11,16H2,1-3H3;1H. The van der Waals surface area contributed by atoms with Crippen molar-refractivity contribution in [3.8, 4) is 11.5 Å². The topological polar surface area (TPSA) is 47.7 Å². The first kappa shape index (κ1) is 17.1. The number of likely N-dealkylation sites (tertiary alicyclic amines) is 1. The fourth-order valence-corrected chi connectivity index (χ4v) is 2.75. The smallest absolute Gasteiger partial charge is 0.165 e. The summed E-state index contributed by atoms with van der Waals surface area (Å²) in [5.74, 6) is 1.63. The number of hydrogen-bond donors (Lipinski definition) is 1. The van der Waals surface area contributed by atoms with E-state index in [1.54, 1.807) is 14.2 Å². The van der Waals surface area contributed by atoms with Crippen LogP contribution in [0.25, 0.3) is 0 Å². The Morgan fingerprint density at radius 3 is 2.60 bits per heavy atom. The minimum atomic E-state index is 0. The van der Waals surface area contributed by atoms with Crippen LogP contribution in [0.2, 0.25) is 0 Å². The zero-order valence-electron chi connectivity index (χ0n) is 12.5. The van der Waals surface area contributed by atoms with Gasteiger partial charge in [0.05, 0.1) is 14.2 Å². The van der Waals surface area contributed by atoms with Crippen LogP contribution in [0.3, 0.4) is 0 Å². The van der Waals surface area contributed by atoms with Gasteiger partial charge in [-0.15, -0.1) is 12.4 Å². The van der Waals surface area contributed by atoms with Crippen molar-refractivity contribution in [1.29, 1.82) is 0 Å². The van der Waals surface area contributed by atoms with Gasteiger partial charge in [0.15, 0.2) is 11.5 Å². The highest BCUT2D eigenvalue weighted by Crippen LogP contribution is 2.34. The lowest BCUT2D eigenvalue weighted by Crippen LogP contribution is -2.31. The van der Waals surface area contributed by atoms with Crippen LogP contribution in [0.4, 0.5) is 0 Å². The Bertz CT molecular complexity index is 442. The summed E-state index contributed by atoms with van der Waals surface area (Å²) in [6, 6.07) is 6.03. The summed E-state index contributed by atoms with van der Waals surface area (Å²) in [6.45, 7) is 6.03. The Morgan fingerprint density at radius 2 is 2.05 bits per heavy atom. The molecule has 0 spiro atoms. The summed E-state index contributed by atoms with van der Waals surface area (Å²) >= 11 is 0. The van der Waals surface area contributed by atoms with E-state index in [4.69, 9.17) is 15.2 Å². The van der Waals surface area contributed by atoms with E-state index < -0.39 is 0 Å². The Morgan fingerprint density at radius 1 is 1.30 bits per heavy atom. The molecule has 0 aliphatic carbocycles. The molecule has 20 heavy (non-hydrogen) atoms. The number of hydrogen-bond acceptors (Lipinski definition) is 4. The fraction of sp³-hybridized carbons (Fsp3) is 0.600. The summed E-state index contributed by atoms with van der Waals surface area (Å²) in [7, 11) is 3.36. The molecule has 4 nitrogen and oxygen atoms in total. The molecule has 1 saturated heterocycles. The average Bonchev–Trinajstić information content (AvgIpc) is 2.80. The van der Waals surface area contributed by atoms with E-state index in [2.05, 4.69) is 17.9 Å². The number of halogens is 1. The minimum absolute atomic E-state index is 0. The van der Waals surface area contributed by atoms with Gasteiger partial charge in [0, 0.05) is 18.7 Å². The van der Waals surface area contributed by atoms with E-state index >= 15 is 0 Å². The van der Waals surface area contributed by atoms with E-state index in [9.17, 15) is 0 Å². The second-order valence-corrected chi connectivity index (χ2v) is 5.63. The second kappa shape index (κ2) is 7.16. The van der Waals surface area contributed by atoms with Gasteiger partial charge in [0.2, 0.25) is 0 Å². The lowest BCUT2D eigenvalue weighted by molar-refractivity contribution is 0.268. The molecule has 0 amide bonds. The van der Waals surface area contributed by atoms with Crippen LogP contribution < -0.4 is 15.2 Å². The molecule has 1 unspecified atom stereocenters. The van der Waals surface area contributed by atoms with Crippen molar-refractivity contribution in [2.24, 2.45) is 11.1 Å². The first-order valence-electron chi connectivity index (χ1n) is 6.74. The van der Waals surface area contributed by atoms with Crippen molar-refractivity contribution in [1.82, 2.24) is 4.90 Å². The highest BCUT2D eigenvalue weighted by Gasteiger charge is 2.32. The Hall–Kier alpha value is -0.970. The molecule has 0 bridgehead atoms. The van der Waals surface area contributed by atoms with Crippen molar-refractivity contribution < 1.29 is 9.47 Å². The first-order valence-corrected chi connectivity index (χ1v) is 6.74. The molecule has 0 aromatic heterocycles. The van der Waals surface area contributed by atoms with E-state index in [1.807, 2.05) is 12.1 Å². The molecule has 2 N–H and O–H groups in total. The predicted molar refractivity (Wildman–Crippen MR) is 83.8 cm³/mol. The van der Waals surface area contributed by atoms with Gasteiger partial charge in [-0.25, -0.2) is 0 Å². The molecule has 5 heteroatoms. The number of ether oxygens (including phenoxy) is 2. The Kier molecular flexibility index (Phi) is 6.11. The van der Waals surface area contributed by atoms with Crippen molar-refractivity contribution in [2.75, 3.05) is 33.9 Å². The fourth-order valence-electron chi connectivity index (χ4n) is 2.75. The maximum atomic E-state index is 5.85. The monoisotopic (exact) mass is 300 g/mol. The van der Waals surface area contributed by atoms with Crippen molar-refractivity contribution in [3.63, 3.8) is 0 Å². The molecular formula is C15H25ClN2O2. The number of benzene rings is 1. The molecule has 2 rings (SSSR count). The van der Waals surface area contributed by atoms with Crippen LogP contribution in [-0.2, 0) is 6.54 Å². The molecule has 1 aromatic carbocycles.